The zero-order chi connectivity index (χ0) is 15.0. The molecule has 4 nitrogen and oxygen atoms in total. The van der Waals surface area contributed by atoms with Crippen molar-refractivity contribution in [2.45, 2.75) is 6.42 Å². The van der Waals surface area contributed by atoms with E-state index in [2.05, 4.69) is 20.9 Å². The molecule has 0 radical (unpaired) electrons. The molecule has 2 heterocycles. The fourth-order valence-electron chi connectivity index (χ4n) is 2.23. The Morgan fingerprint density at radius 1 is 1.24 bits per heavy atom. The van der Waals surface area contributed by atoms with E-state index in [0.29, 0.717) is 17.8 Å². The van der Waals surface area contributed by atoms with Crippen LogP contribution < -0.4 is 0 Å². The average Bonchev–Trinajstić information content (AvgIpc) is 2.82. The molecule has 0 amide bonds. The number of fused-ring (bicyclic) bond motifs is 1. The standard InChI is InChI=1S/C15H10BrFN2O2/c16-12-3-1-2-11-14(15(20)21)18-13(19(11)12)8-9-4-6-10(17)7-5-9/h1-7H,8H2,(H,20,21). The zero-order valence-corrected chi connectivity index (χ0v) is 12.3. The highest BCUT2D eigenvalue weighted by molar-refractivity contribution is 9.10. The van der Waals surface area contributed by atoms with Gasteiger partial charge in [-0.15, -0.1) is 0 Å². The van der Waals surface area contributed by atoms with Crippen molar-refractivity contribution in [3.8, 4) is 0 Å². The van der Waals surface area contributed by atoms with Gasteiger partial charge in [-0.2, -0.15) is 0 Å². The van der Waals surface area contributed by atoms with Crippen LogP contribution in [0.3, 0.4) is 0 Å². The van der Waals surface area contributed by atoms with Gasteiger partial charge in [-0.1, -0.05) is 18.2 Å². The number of imidazole rings is 1. The summed E-state index contributed by atoms with van der Waals surface area (Å²) in [5.41, 5.74) is 1.39. The Morgan fingerprint density at radius 3 is 2.62 bits per heavy atom. The molecule has 0 aliphatic heterocycles. The minimum absolute atomic E-state index is 0.00779. The minimum Gasteiger partial charge on any atom is -0.476 e. The first-order chi connectivity index (χ1) is 10.1. The molecule has 0 aliphatic carbocycles. The molecule has 0 aliphatic rings. The molecule has 1 N–H and O–H groups in total. The van der Waals surface area contributed by atoms with E-state index >= 15 is 0 Å². The Labute approximate surface area is 128 Å². The Morgan fingerprint density at radius 2 is 1.95 bits per heavy atom. The second-order valence-corrected chi connectivity index (χ2v) is 5.37. The quantitative estimate of drug-likeness (QED) is 0.736. The Balaban J connectivity index is 2.13. The van der Waals surface area contributed by atoms with E-state index in [1.54, 1.807) is 28.7 Å². The zero-order valence-electron chi connectivity index (χ0n) is 10.8. The number of rotatable bonds is 3. The molecular weight excluding hydrogens is 339 g/mol. The SMILES string of the molecule is O=C(O)c1nc(Cc2ccc(F)cc2)n2c(Br)cccc12. The van der Waals surface area contributed by atoms with E-state index in [0.717, 1.165) is 10.2 Å². The summed E-state index contributed by atoms with van der Waals surface area (Å²) in [4.78, 5) is 15.5. The molecule has 3 aromatic rings. The molecule has 2 aromatic heterocycles. The van der Waals surface area contributed by atoms with Gasteiger partial charge in [0.15, 0.2) is 5.69 Å². The van der Waals surface area contributed by atoms with Gasteiger partial charge in [0.1, 0.15) is 11.6 Å². The van der Waals surface area contributed by atoms with Crippen LogP contribution in [0.1, 0.15) is 21.9 Å². The summed E-state index contributed by atoms with van der Waals surface area (Å²) in [5.74, 6) is -0.795. The summed E-state index contributed by atoms with van der Waals surface area (Å²) in [6, 6.07) is 11.3. The summed E-state index contributed by atoms with van der Waals surface area (Å²) in [6.07, 6.45) is 0.414. The largest absolute Gasteiger partial charge is 0.476 e. The van der Waals surface area contributed by atoms with Crippen LogP contribution in [0.4, 0.5) is 4.39 Å². The third-order valence-corrected chi connectivity index (χ3v) is 3.78. The number of carboxylic acids is 1. The highest BCUT2D eigenvalue weighted by Crippen LogP contribution is 2.22. The lowest BCUT2D eigenvalue weighted by Gasteiger charge is -2.04. The lowest BCUT2D eigenvalue weighted by molar-refractivity contribution is 0.0693. The van der Waals surface area contributed by atoms with Crippen LogP contribution >= 0.6 is 15.9 Å². The van der Waals surface area contributed by atoms with Gasteiger partial charge >= 0.3 is 5.97 Å². The lowest BCUT2D eigenvalue weighted by atomic mass is 10.1. The van der Waals surface area contributed by atoms with Crippen molar-refractivity contribution in [3.63, 3.8) is 0 Å². The van der Waals surface area contributed by atoms with Crippen molar-refractivity contribution in [2.24, 2.45) is 0 Å². The number of carbonyl (C=O) groups is 1. The van der Waals surface area contributed by atoms with Crippen LogP contribution in [0.5, 0.6) is 0 Å². The Kier molecular flexibility index (Phi) is 3.47. The van der Waals surface area contributed by atoms with Gasteiger partial charge in [-0.3, -0.25) is 4.40 Å². The third-order valence-electron chi connectivity index (χ3n) is 3.16. The summed E-state index contributed by atoms with van der Waals surface area (Å²) < 4.78 is 15.4. The number of carboxylic acid groups (broad SMARTS) is 1. The second-order valence-electron chi connectivity index (χ2n) is 4.55. The van der Waals surface area contributed by atoms with Crippen LogP contribution in [-0.4, -0.2) is 20.5 Å². The molecule has 106 valence electrons. The molecule has 0 unspecified atom stereocenters. The molecule has 1 aromatic carbocycles. The number of nitrogens with zero attached hydrogens (tertiary/aromatic N) is 2. The van der Waals surface area contributed by atoms with Gasteiger partial charge < -0.3 is 5.11 Å². The molecule has 0 fully saturated rings. The predicted octanol–water partition coefficient (Wildman–Crippen LogP) is 3.52. The first-order valence-electron chi connectivity index (χ1n) is 6.20. The smallest absolute Gasteiger partial charge is 0.356 e. The number of benzene rings is 1. The van der Waals surface area contributed by atoms with Crippen molar-refractivity contribution in [3.05, 3.63) is 70.0 Å². The van der Waals surface area contributed by atoms with Crippen LogP contribution in [0, 0.1) is 5.82 Å². The molecule has 6 heteroatoms. The molecule has 0 bridgehead atoms. The summed E-state index contributed by atoms with van der Waals surface area (Å²) in [7, 11) is 0. The fourth-order valence-corrected chi connectivity index (χ4v) is 2.78. The van der Waals surface area contributed by atoms with Crippen molar-refractivity contribution in [2.75, 3.05) is 0 Å². The number of hydrogen-bond donors (Lipinski definition) is 1. The number of halogens is 2. The van der Waals surface area contributed by atoms with Gasteiger partial charge in [-0.05, 0) is 45.8 Å². The van der Waals surface area contributed by atoms with Gasteiger partial charge in [0.05, 0.1) is 10.1 Å². The van der Waals surface area contributed by atoms with Crippen molar-refractivity contribution < 1.29 is 14.3 Å². The molecule has 0 atom stereocenters. The van der Waals surface area contributed by atoms with Gasteiger partial charge in [0.25, 0.3) is 0 Å². The first-order valence-corrected chi connectivity index (χ1v) is 6.99. The number of aromatic nitrogens is 2. The molecule has 0 spiro atoms. The number of aromatic carboxylic acids is 1. The summed E-state index contributed by atoms with van der Waals surface area (Å²) in [6.45, 7) is 0. The maximum Gasteiger partial charge on any atom is 0.356 e. The molecule has 0 saturated carbocycles. The van der Waals surface area contributed by atoms with Crippen LogP contribution in [0.25, 0.3) is 5.52 Å². The van der Waals surface area contributed by atoms with Gasteiger partial charge in [0, 0.05) is 6.42 Å². The normalized spacial score (nSPS) is 11.0. The van der Waals surface area contributed by atoms with E-state index in [1.165, 1.54) is 12.1 Å². The molecule has 0 saturated heterocycles. The average molecular weight is 349 g/mol. The van der Waals surface area contributed by atoms with E-state index in [-0.39, 0.29) is 11.5 Å². The monoisotopic (exact) mass is 348 g/mol. The van der Waals surface area contributed by atoms with Gasteiger partial charge in [-0.25, -0.2) is 14.2 Å². The number of pyridine rings is 1. The first kappa shape index (κ1) is 13.8. The minimum atomic E-state index is -1.07. The maximum absolute atomic E-state index is 12.9. The molecule has 3 rings (SSSR count). The summed E-state index contributed by atoms with van der Waals surface area (Å²) in [5, 5.41) is 9.25. The van der Waals surface area contributed by atoms with Crippen molar-refractivity contribution >= 4 is 27.4 Å². The van der Waals surface area contributed by atoms with Crippen molar-refractivity contribution in [1.29, 1.82) is 0 Å². The molecule has 21 heavy (non-hydrogen) atoms. The van der Waals surface area contributed by atoms with Crippen LogP contribution in [0.15, 0.2) is 47.1 Å². The maximum atomic E-state index is 12.9. The van der Waals surface area contributed by atoms with Gasteiger partial charge in [0.2, 0.25) is 0 Å². The van der Waals surface area contributed by atoms with E-state index in [9.17, 15) is 14.3 Å². The highest BCUT2D eigenvalue weighted by Gasteiger charge is 2.18. The second kappa shape index (κ2) is 5.29. The van der Waals surface area contributed by atoms with E-state index < -0.39 is 5.97 Å². The highest BCUT2D eigenvalue weighted by atomic mass is 79.9. The lowest BCUT2D eigenvalue weighted by Crippen LogP contribution is -1.98. The third kappa shape index (κ3) is 2.54. The van der Waals surface area contributed by atoms with E-state index in [1.807, 2.05) is 6.07 Å². The van der Waals surface area contributed by atoms with Crippen molar-refractivity contribution in [1.82, 2.24) is 9.38 Å². The molecular formula is C15H10BrFN2O2. The van der Waals surface area contributed by atoms with Crippen LogP contribution in [-0.2, 0) is 6.42 Å². The fraction of sp³-hybridized carbons (Fsp3) is 0.0667. The topological polar surface area (TPSA) is 54.6 Å². The number of hydrogen-bond acceptors (Lipinski definition) is 2. The Bertz CT molecular complexity index is 828. The predicted molar refractivity (Wildman–Crippen MR) is 79.1 cm³/mol. The summed E-state index contributed by atoms with van der Waals surface area (Å²) >= 11 is 3.41. The Hall–Kier alpha value is -2.21. The van der Waals surface area contributed by atoms with E-state index in [4.69, 9.17) is 0 Å². The van der Waals surface area contributed by atoms with Crippen LogP contribution in [0.2, 0.25) is 0 Å².